The summed E-state index contributed by atoms with van der Waals surface area (Å²) < 4.78 is 0. The molecule has 5 heteroatoms. The van der Waals surface area contributed by atoms with Gasteiger partial charge in [0.05, 0.1) is 5.69 Å². The molecule has 0 unspecified atom stereocenters. The largest absolute Gasteiger partial charge is 0.506 e. The molecule has 0 radical (unpaired) electrons. The van der Waals surface area contributed by atoms with Crippen LogP contribution in [0.2, 0.25) is 0 Å². The van der Waals surface area contributed by atoms with E-state index in [-0.39, 0.29) is 23.9 Å². The van der Waals surface area contributed by atoms with Gasteiger partial charge in [-0.25, -0.2) is 4.98 Å². The highest BCUT2D eigenvalue weighted by Crippen LogP contribution is 2.22. The summed E-state index contributed by atoms with van der Waals surface area (Å²) in [4.78, 5) is 20.2. The number of phenols is 1. The van der Waals surface area contributed by atoms with Gasteiger partial charge >= 0.3 is 0 Å². The number of pyridine rings is 2. The van der Waals surface area contributed by atoms with Crippen LogP contribution in [0, 0.1) is 0 Å². The Morgan fingerprint density at radius 1 is 1.05 bits per heavy atom. The standard InChI is InChI=1S/C17H12N2O2.ClH/c20-15(12-8-10-18-11-9-12)7-6-14-5-4-13-2-1-3-16(21)17(13)19-14;/h1-11,21H;1H/b7-6+;. The Balaban J connectivity index is 0.00000176. The highest BCUT2D eigenvalue weighted by Gasteiger charge is 2.03. The maximum absolute atomic E-state index is 12.0. The Morgan fingerprint density at radius 2 is 1.82 bits per heavy atom. The minimum absolute atomic E-state index is 0. The number of aromatic hydroxyl groups is 1. The molecule has 2 aromatic heterocycles. The van der Waals surface area contributed by atoms with Gasteiger partial charge in [0.15, 0.2) is 5.78 Å². The van der Waals surface area contributed by atoms with Gasteiger partial charge in [-0.2, -0.15) is 0 Å². The fourth-order valence-corrected chi connectivity index (χ4v) is 2.01. The van der Waals surface area contributed by atoms with Crippen LogP contribution < -0.4 is 0 Å². The summed E-state index contributed by atoms with van der Waals surface area (Å²) in [7, 11) is 0. The van der Waals surface area contributed by atoms with Crippen LogP contribution in [-0.2, 0) is 0 Å². The Hall–Kier alpha value is -2.72. The van der Waals surface area contributed by atoms with E-state index in [0.29, 0.717) is 16.8 Å². The van der Waals surface area contributed by atoms with E-state index >= 15 is 0 Å². The van der Waals surface area contributed by atoms with E-state index in [9.17, 15) is 9.90 Å². The van der Waals surface area contributed by atoms with Gasteiger partial charge in [-0.1, -0.05) is 18.2 Å². The quantitative estimate of drug-likeness (QED) is 0.592. The SMILES string of the molecule is Cl.O=C(/C=C/c1ccc2cccc(O)c2n1)c1ccncc1. The van der Waals surface area contributed by atoms with Crippen LogP contribution >= 0.6 is 12.4 Å². The van der Waals surface area contributed by atoms with Gasteiger partial charge in [0.1, 0.15) is 11.3 Å². The van der Waals surface area contributed by atoms with E-state index in [1.807, 2.05) is 12.1 Å². The molecule has 0 bridgehead atoms. The van der Waals surface area contributed by atoms with E-state index in [4.69, 9.17) is 0 Å². The number of carbonyl (C=O) groups is 1. The summed E-state index contributed by atoms with van der Waals surface area (Å²) in [6, 6.07) is 12.2. The average molecular weight is 313 g/mol. The summed E-state index contributed by atoms with van der Waals surface area (Å²) >= 11 is 0. The summed E-state index contributed by atoms with van der Waals surface area (Å²) in [5, 5.41) is 10.6. The number of para-hydroxylation sites is 1. The summed E-state index contributed by atoms with van der Waals surface area (Å²) in [6.07, 6.45) is 6.25. The topological polar surface area (TPSA) is 63.1 Å². The van der Waals surface area contributed by atoms with E-state index in [1.54, 1.807) is 48.8 Å². The van der Waals surface area contributed by atoms with Gasteiger partial charge < -0.3 is 5.11 Å². The molecule has 1 N–H and O–H groups in total. The summed E-state index contributed by atoms with van der Waals surface area (Å²) in [6.45, 7) is 0. The lowest BCUT2D eigenvalue weighted by molar-refractivity contribution is 0.104. The second kappa shape index (κ2) is 6.83. The Labute approximate surface area is 133 Å². The van der Waals surface area contributed by atoms with Gasteiger partial charge in [0.25, 0.3) is 0 Å². The van der Waals surface area contributed by atoms with Crippen molar-refractivity contribution in [1.29, 1.82) is 0 Å². The first kappa shape index (κ1) is 15.7. The Kier molecular flexibility index (Phi) is 4.86. The minimum atomic E-state index is -0.114. The van der Waals surface area contributed by atoms with Crippen LogP contribution in [-0.4, -0.2) is 20.9 Å². The molecule has 2 heterocycles. The molecular formula is C17H13ClN2O2. The summed E-state index contributed by atoms with van der Waals surface area (Å²) in [5.41, 5.74) is 1.72. The highest BCUT2D eigenvalue weighted by atomic mass is 35.5. The van der Waals surface area contributed by atoms with E-state index < -0.39 is 0 Å². The monoisotopic (exact) mass is 312 g/mol. The number of halogens is 1. The fraction of sp³-hybridized carbons (Fsp3) is 0. The molecule has 1 aromatic carbocycles. The molecule has 0 spiro atoms. The van der Waals surface area contributed by atoms with Crippen LogP contribution in [0.3, 0.4) is 0 Å². The van der Waals surface area contributed by atoms with Crippen molar-refractivity contribution in [3.8, 4) is 5.75 Å². The molecule has 0 atom stereocenters. The molecule has 3 rings (SSSR count). The number of fused-ring (bicyclic) bond motifs is 1. The van der Waals surface area contributed by atoms with Crippen LogP contribution in [0.4, 0.5) is 0 Å². The molecule has 3 aromatic rings. The van der Waals surface area contributed by atoms with Crippen molar-refractivity contribution < 1.29 is 9.90 Å². The third-order valence-corrected chi connectivity index (χ3v) is 3.09. The minimum Gasteiger partial charge on any atom is -0.506 e. The number of benzene rings is 1. The molecular weight excluding hydrogens is 300 g/mol. The zero-order valence-electron chi connectivity index (χ0n) is 11.5. The van der Waals surface area contributed by atoms with Crippen LogP contribution in [0.1, 0.15) is 16.1 Å². The van der Waals surface area contributed by atoms with E-state index in [0.717, 1.165) is 5.39 Å². The Bertz CT molecular complexity index is 832. The maximum Gasteiger partial charge on any atom is 0.186 e. The first-order valence-electron chi connectivity index (χ1n) is 6.45. The molecule has 0 fully saturated rings. The molecule has 0 amide bonds. The van der Waals surface area contributed by atoms with Crippen molar-refractivity contribution in [2.75, 3.05) is 0 Å². The van der Waals surface area contributed by atoms with Gasteiger partial charge in [-0.05, 0) is 36.4 Å². The number of hydrogen-bond acceptors (Lipinski definition) is 4. The lowest BCUT2D eigenvalue weighted by Gasteiger charge is -2.01. The molecule has 0 saturated carbocycles. The Morgan fingerprint density at radius 3 is 2.59 bits per heavy atom. The number of aromatic nitrogens is 2. The molecule has 110 valence electrons. The van der Waals surface area contributed by atoms with Crippen molar-refractivity contribution in [3.05, 3.63) is 72.2 Å². The molecule has 0 saturated heterocycles. The maximum atomic E-state index is 12.0. The third-order valence-electron chi connectivity index (χ3n) is 3.09. The van der Waals surface area contributed by atoms with E-state index in [2.05, 4.69) is 9.97 Å². The predicted octanol–water partition coefficient (Wildman–Crippen LogP) is 3.65. The fourth-order valence-electron chi connectivity index (χ4n) is 2.01. The second-order valence-electron chi connectivity index (χ2n) is 4.52. The number of phenolic OH excluding ortho intramolecular Hbond substituents is 1. The average Bonchev–Trinajstić information content (AvgIpc) is 2.54. The molecule has 0 aliphatic heterocycles. The van der Waals surface area contributed by atoms with Crippen LogP contribution in [0.15, 0.2) is 60.9 Å². The van der Waals surface area contributed by atoms with Crippen molar-refractivity contribution in [2.24, 2.45) is 0 Å². The second-order valence-corrected chi connectivity index (χ2v) is 4.52. The number of carbonyl (C=O) groups excluding carboxylic acids is 1. The molecule has 0 aliphatic carbocycles. The molecule has 0 aliphatic rings. The third kappa shape index (κ3) is 3.30. The zero-order valence-corrected chi connectivity index (χ0v) is 12.3. The number of rotatable bonds is 3. The van der Waals surface area contributed by atoms with Gasteiger partial charge in [0.2, 0.25) is 0 Å². The lowest BCUT2D eigenvalue weighted by Crippen LogP contribution is -1.94. The smallest absolute Gasteiger partial charge is 0.186 e. The van der Waals surface area contributed by atoms with Gasteiger partial charge in [-0.3, -0.25) is 9.78 Å². The molecule has 4 nitrogen and oxygen atoms in total. The van der Waals surface area contributed by atoms with Crippen molar-refractivity contribution in [2.45, 2.75) is 0 Å². The van der Waals surface area contributed by atoms with Crippen molar-refractivity contribution in [3.63, 3.8) is 0 Å². The normalized spacial score (nSPS) is 10.5. The van der Waals surface area contributed by atoms with Crippen molar-refractivity contribution in [1.82, 2.24) is 9.97 Å². The molecule has 22 heavy (non-hydrogen) atoms. The van der Waals surface area contributed by atoms with Gasteiger partial charge in [0, 0.05) is 23.3 Å². The predicted molar refractivity (Wildman–Crippen MR) is 88.3 cm³/mol. The first-order chi connectivity index (χ1) is 10.2. The number of ketones is 1. The number of hydrogen-bond donors (Lipinski definition) is 1. The highest BCUT2D eigenvalue weighted by molar-refractivity contribution is 6.06. The van der Waals surface area contributed by atoms with Crippen LogP contribution in [0.25, 0.3) is 17.0 Å². The lowest BCUT2D eigenvalue weighted by atomic mass is 10.1. The number of allylic oxidation sites excluding steroid dienone is 1. The van der Waals surface area contributed by atoms with E-state index in [1.165, 1.54) is 6.08 Å². The number of nitrogens with zero attached hydrogens (tertiary/aromatic N) is 2. The zero-order chi connectivity index (χ0) is 14.7. The van der Waals surface area contributed by atoms with Crippen molar-refractivity contribution >= 4 is 35.2 Å². The summed E-state index contributed by atoms with van der Waals surface area (Å²) in [5.74, 6) is 0.0137. The van der Waals surface area contributed by atoms with Crippen LogP contribution in [0.5, 0.6) is 5.75 Å². The first-order valence-corrected chi connectivity index (χ1v) is 6.45. The van der Waals surface area contributed by atoms with Gasteiger partial charge in [-0.15, -0.1) is 12.4 Å².